The van der Waals surface area contributed by atoms with Crippen molar-refractivity contribution in [2.75, 3.05) is 0 Å². The third-order valence-corrected chi connectivity index (χ3v) is 3.09. The van der Waals surface area contributed by atoms with Crippen LogP contribution in [0.15, 0.2) is 28.9 Å². The van der Waals surface area contributed by atoms with Gasteiger partial charge < -0.3 is 0 Å². The van der Waals surface area contributed by atoms with Crippen molar-refractivity contribution >= 4 is 11.4 Å². The number of ketones is 1. The molecule has 0 atom stereocenters. The van der Waals surface area contributed by atoms with E-state index < -0.39 is 11.6 Å². The first-order valence-corrected chi connectivity index (χ1v) is 5.71. The molecule has 2 nitrogen and oxygen atoms in total. The van der Waals surface area contributed by atoms with Crippen molar-refractivity contribution in [3.8, 4) is 6.07 Å². The van der Waals surface area contributed by atoms with Gasteiger partial charge in [-0.3, -0.25) is 4.79 Å². The fraction of sp³-hybridized carbons (Fsp3) is 0.200. The highest BCUT2D eigenvalue weighted by Crippen LogP contribution is 2.41. The predicted molar refractivity (Wildman–Crippen MR) is 67.3 cm³/mol. The zero-order valence-corrected chi connectivity index (χ0v) is 10.8. The van der Waals surface area contributed by atoms with E-state index in [1.165, 1.54) is 0 Å². The van der Waals surface area contributed by atoms with Crippen LogP contribution in [0.1, 0.15) is 36.7 Å². The Bertz CT molecular complexity index is 702. The summed E-state index contributed by atoms with van der Waals surface area (Å²) in [4.78, 5) is 12.2. The van der Waals surface area contributed by atoms with E-state index in [0.717, 1.165) is 12.1 Å². The van der Waals surface area contributed by atoms with Gasteiger partial charge in [0, 0.05) is 22.3 Å². The van der Waals surface area contributed by atoms with Gasteiger partial charge >= 0.3 is 0 Å². The lowest BCUT2D eigenvalue weighted by Crippen LogP contribution is -1.98. The SMILES string of the molecule is CC(C)=C1C(=O)c2cc(F)c(F)cc2/C1=C(/C)C#N. The van der Waals surface area contributed by atoms with Crippen LogP contribution in [-0.2, 0) is 0 Å². The van der Waals surface area contributed by atoms with E-state index in [-0.39, 0.29) is 11.3 Å². The van der Waals surface area contributed by atoms with Gasteiger partial charge in [0.05, 0.1) is 6.07 Å². The molecule has 4 heteroatoms. The van der Waals surface area contributed by atoms with E-state index in [4.69, 9.17) is 5.26 Å². The number of rotatable bonds is 0. The van der Waals surface area contributed by atoms with Gasteiger partial charge in [-0.15, -0.1) is 0 Å². The van der Waals surface area contributed by atoms with Gasteiger partial charge in [-0.25, -0.2) is 8.78 Å². The van der Waals surface area contributed by atoms with Crippen molar-refractivity contribution in [2.24, 2.45) is 0 Å². The smallest absolute Gasteiger partial charge is 0.194 e. The average Bonchev–Trinajstić information content (AvgIpc) is 2.63. The lowest BCUT2D eigenvalue weighted by atomic mass is 9.97. The number of nitriles is 1. The van der Waals surface area contributed by atoms with Crippen LogP contribution in [0.5, 0.6) is 0 Å². The molecule has 0 fully saturated rings. The first-order valence-electron chi connectivity index (χ1n) is 5.71. The summed E-state index contributed by atoms with van der Waals surface area (Å²) in [5.74, 6) is -2.45. The molecular weight excluding hydrogens is 248 g/mol. The topological polar surface area (TPSA) is 40.9 Å². The van der Waals surface area contributed by atoms with E-state index in [9.17, 15) is 13.6 Å². The summed E-state index contributed by atoms with van der Waals surface area (Å²) in [6.07, 6.45) is 0. The number of halogens is 2. The van der Waals surface area contributed by atoms with E-state index in [1.54, 1.807) is 20.8 Å². The highest BCUT2D eigenvalue weighted by Gasteiger charge is 2.33. The highest BCUT2D eigenvalue weighted by atomic mass is 19.2. The number of benzene rings is 1. The van der Waals surface area contributed by atoms with Gasteiger partial charge in [0.1, 0.15) is 0 Å². The number of nitrogens with zero attached hydrogens (tertiary/aromatic N) is 1. The van der Waals surface area contributed by atoms with Crippen LogP contribution in [0.4, 0.5) is 8.78 Å². The van der Waals surface area contributed by atoms with Crippen LogP contribution in [0.25, 0.3) is 5.57 Å². The van der Waals surface area contributed by atoms with Crippen molar-refractivity contribution in [1.82, 2.24) is 0 Å². The van der Waals surface area contributed by atoms with Gasteiger partial charge in [-0.1, -0.05) is 5.57 Å². The second kappa shape index (κ2) is 4.43. The summed E-state index contributed by atoms with van der Waals surface area (Å²) in [5.41, 5.74) is 2.19. The molecule has 1 aliphatic rings. The normalized spacial score (nSPS) is 16.2. The Morgan fingerprint density at radius 1 is 1.05 bits per heavy atom. The Hall–Kier alpha value is -2.28. The number of fused-ring (bicyclic) bond motifs is 1. The van der Waals surface area contributed by atoms with Crippen LogP contribution in [0, 0.1) is 23.0 Å². The Labute approximate surface area is 109 Å². The minimum absolute atomic E-state index is 0.111. The van der Waals surface area contributed by atoms with Gasteiger partial charge in [0.15, 0.2) is 17.4 Å². The molecule has 0 radical (unpaired) electrons. The third kappa shape index (κ3) is 1.88. The predicted octanol–water partition coefficient (Wildman–Crippen LogP) is 3.79. The second-order valence-electron chi connectivity index (χ2n) is 4.63. The molecule has 0 spiro atoms. The summed E-state index contributed by atoms with van der Waals surface area (Å²) in [7, 11) is 0. The Kier molecular flexibility index (Phi) is 3.07. The maximum atomic E-state index is 13.4. The molecule has 0 heterocycles. The molecule has 96 valence electrons. The zero-order valence-electron chi connectivity index (χ0n) is 10.8. The fourth-order valence-electron chi connectivity index (χ4n) is 2.25. The van der Waals surface area contributed by atoms with Gasteiger partial charge in [-0.2, -0.15) is 5.26 Å². The Morgan fingerprint density at radius 3 is 2.05 bits per heavy atom. The molecule has 19 heavy (non-hydrogen) atoms. The second-order valence-corrected chi connectivity index (χ2v) is 4.63. The zero-order chi connectivity index (χ0) is 14.3. The molecule has 0 N–H and O–H groups in total. The molecule has 0 saturated carbocycles. The van der Waals surface area contributed by atoms with Crippen LogP contribution >= 0.6 is 0 Å². The molecule has 0 bridgehead atoms. The fourth-order valence-corrected chi connectivity index (χ4v) is 2.25. The van der Waals surface area contributed by atoms with Crippen molar-refractivity contribution in [3.05, 3.63) is 51.6 Å². The van der Waals surface area contributed by atoms with Crippen molar-refractivity contribution < 1.29 is 13.6 Å². The Balaban J connectivity index is 2.91. The summed E-state index contributed by atoms with van der Waals surface area (Å²) in [6, 6.07) is 3.84. The number of hydrogen-bond donors (Lipinski definition) is 0. The molecule has 2 rings (SSSR count). The van der Waals surface area contributed by atoms with Crippen LogP contribution in [-0.4, -0.2) is 5.78 Å². The number of allylic oxidation sites excluding steroid dienone is 4. The summed E-state index contributed by atoms with van der Waals surface area (Å²) < 4.78 is 26.6. The van der Waals surface area contributed by atoms with Gasteiger partial charge in [0.25, 0.3) is 0 Å². The molecule has 1 aliphatic carbocycles. The molecule has 0 amide bonds. The van der Waals surface area contributed by atoms with Gasteiger partial charge in [-0.05, 0) is 38.5 Å². The Morgan fingerprint density at radius 2 is 1.58 bits per heavy atom. The quantitative estimate of drug-likeness (QED) is 0.525. The van der Waals surface area contributed by atoms with Crippen molar-refractivity contribution in [1.29, 1.82) is 5.26 Å². The molecular formula is C15H11F2NO. The average molecular weight is 259 g/mol. The minimum atomic E-state index is -1.06. The number of carbonyl (C=O) groups excluding carboxylic acids is 1. The largest absolute Gasteiger partial charge is 0.289 e. The molecule has 0 unspecified atom stereocenters. The van der Waals surface area contributed by atoms with Crippen LogP contribution in [0.2, 0.25) is 0 Å². The molecule has 0 saturated heterocycles. The summed E-state index contributed by atoms with van der Waals surface area (Å²) in [5, 5.41) is 9.02. The van der Waals surface area contributed by atoms with Gasteiger partial charge in [0.2, 0.25) is 0 Å². The maximum Gasteiger partial charge on any atom is 0.194 e. The van der Waals surface area contributed by atoms with Crippen LogP contribution in [0.3, 0.4) is 0 Å². The lowest BCUT2D eigenvalue weighted by molar-refractivity contribution is 0.104. The first-order chi connectivity index (χ1) is 8.88. The number of carbonyl (C=O) groups is 1. The maximum absolute atomic E-state index is 13.4. The van der Waals surface area contributed by atoms with E-state index in [1.807, 2.05) is 6.07 Å². The molecule has 1 aromatic rings. The van der Waals surface area contributed by atoms with Crippen LogP contribution < -0.4 is 0 Å². The molecule has 0 aromatic heterocycles. The summed E-state index contributed by atoms with van der Waals surface area (Å²) in [6.45, 7) is 5.02. The molecule has 1 aromatic carbocycles. The summed E-state index contributed by atoms with van der Waals surface area (Å²) >= 11 is 0. The monoisotopic (exact) mass is 259 g/mol. The van der Waals surface area contributed by atoms with E-state index >= 15 is 0 Å². The minimum Gasteiger partial charge on any atom is -0.289 e. The number of Topliss-reactive ketones (excluding diaryl/α,β-unsaturated/α-hetero) is 1. The molecule has 0 aliphatic heterocycles. The number of hydrogen-bond acceptors (Lipinski definition) is 2. The third-order valence-electron chi connectivity index (χ3n) is 3.09. The highest BCUT2D eigenvalue weighted by molar-refractivity contribution is 6.27. The van der Waals surface area contributed by atoms with Crippen molar-refractivity contribution in [2.45, 2.75) is 20.8 Å². The standard InChI is InChI=1S/C15H11F2NO/c1-7(2)13-14(8(3)6-18)9-4-11(16)12(17)5-10(9)15(13)19/h4-5H,1-3H3/b14-8+. The van der Waals surface area contributed by atoms with Crippen molar-refractivity contribution in [3.63, 3.8) is 0 Å². The first kappa shape index (κ1) is 13.2. The lowest BCUT2D eigenvalue weighted by Gasteiger charge is -2.05. The van der Waals surface area contributed by atoms with E-state index in [2.05, 4.69) is 0 Å². The van der Waals surface area contributed by atoms with E-state index in [0.29, 0.717) is 27.9 Å².